The zero-order chi connectivity index (χ0) is 13.5. The maximum Gasteiger partial charge on any atom is 0.251 e. The first-order valence-electron chi connectivity index (χ1n) is 5.91. The zero-order valence-corrected chi connectivity index (χ0v) is 11.0. The molecule has 0 aromatic heterocycles. The Morgan fingerprint density at radius 3 is 2.56 bits per heavy atom. The number of benzene rings is 1. The van der Waals surface area contributed by atoms with Crippen molar-refractivity contribution < 1.29 is 9.59 Å². The lowest BCUT2D eigenvalue weighted by Gasteiger charge is -2.10. The highest BCUT2D eigenvalue weighted by atomic mass is 16.2. The summed E-state index contributed by atoms with van der Waals surface area (Å²) in [5.41, 5.74) is 2.19. The third-order valence-corrected chi connectivity index (χ3v) is 2.44. The van der Waals surface area contributed by atoms with Crippen molar-refractivity contribution in [3.63, 3.8) is 0 Å². The van der Waals surface area contributed by atoms with Crippen molar-refractivity contribution in [3.05, 3.63) is 29.3 Å². The van der Waals surface area contributed by atoms with E-state index >= 15 is 0 Å². The highest BCUT2D eigenvalue weighted by molar-refractivity contribution is 5.96. The van der Waals surface area contributed by atoms with Crippen LogP contribution in [0.2, 0.25) is 0 Å². The molecule has 0 atom stereocenters. The first kappa shape index (κ1) is 14.2. The first-order chi connectivity index (χ1) is 8.58. The molecular formula is C13H19N3O2. The molecule has 1 aromatic carbocycles. The van der Waals surface area contributed by atoms with E-state index < -0.39 is 0 Å². The van der Waals surface area contributed by atoms with Gasteiger partial charge in [0.2, 0.25) is 5.91 Å². The summed E-state index contributed by atoms with van der Waals surface area (Å²) < 4.78 is 0. The van der Waals surface area contributed by atoms with Crippen LogP contribution >= 0.6 is 0 Å². The molecule has 0 unspecified atom stereocenters. The lowest BCUT2D eigenvalue weighted by Crippen LogP contribution is -2.26. The molecule has 18 heavy (non-hydrogen) atoms. The van der Waals surface area contributed by atoms with Gasteiger partial charge in [-0.2, -0.15) is 0 Å². The van der Waals surface area contributed by atoms with Crippen LogP contribution in [0.1, 0.15) is 22.8 Å². The number of hydrogen-bond donors (Lipinski definition) is 3. The van der Waals surface area contributed by atoms with Gasteiger partial charge >= 0.3 is 0 Å². The van der Waals surface area contributed by atoms with E-state index in [4.69, 9.17) is 0 Å². The standard InChI is InChI=1S/C13H19N3O2/c1-4-15-13(18)10-5-6-11(9(2)7-10)16-12(17)8-14-3/h5-7,14H,4,8H2,1-3H3,(H,15,18)(H,16,17). The largest absolute Gasteiger partial charge is 0.352 e. The summed E-state index contributed by atoms with van der Waals surface area (Å²) in [6.45, 7) is 4.59. The van der Waals surface area contributed by atoms with Gasteiger partial charge in [-0.3, -0.25) is 9.59 Å². The Morgan fingerprint density at radius 1 is 1.28 bits per heavy atom. The van der Waals surface area contributed by atoms with Crippen LogP contribution in [-0.2, 0) is 4.79 Å². The molecule has 1 aromatic rings. The van der Waals surface area contributed by atoms with Gasteiger partial charge in [0.15, 0.2) is 0 Å². The molecule has 0 heterocycles. The van der Waals surface area contributed by atoms with Crippen LogP contribution in [0.25, 0.3) is 0 Å². The van der Waals surface area contributed by atoms with E-state index in [0.717, 1.165) is 11.3 Å². The number of carbonyl (C=O) groups excluding carboxylic acids is 2. The molecule has 2 amide bonds. The predicted molar refractivity (Wildman–Crippen MR) is 71.7 cm³/mol. The highest BCUT2D eigenvalue weighted by Gasteiger charge is 2.08. The van der Waals surface area contributed by atoms with Gasteiger partial charge in [0.1, 0.15) is 0 Å². The third kappa shape index (κ3) is 3.85. The summed E-state index contributed by atoms with van der Waals surface area (Å²) in [6, 6.07) is 5.21. The number of rotatable bonds is 5. The van der Waals surface area contributed by atoms with Gasteiger partial charge in [0.25, 0.3) is 5.91 Å². The number of nitrogens with one attached hydrogen (secondary N) is 3. The van der Waals surface area contributed by atoms with Crippen LogP contribution in [0.3, 0.4) is 0 Å². The lowest BCUT2D eigenvalue weighted by atomic mass is 10.1. The number of carbonyl (C=O) groups is 2. The summed E-state index contributed by atoms with van der Waals surface area (Å²) in [5, 5.41) is 8.29. The molecule has 0 saturated carbocycles. The van der Waals surface area contributed by atoms with Gasteiger partial charge in [-0.05, 0) is 44.7 Å². The summed E-state index contributed by atoms with van der Waals surface area (Å²) in [5.74, 6) is -0.208. The van der Waals surface area contributed by atoms with Gasteiger partial charge in [-0.1, -0.05) is 0 Å². The second-order valence-corrected chi connectivity index (χ2v) is 3.97. The van der Waals surface area contributed by atoms with Crippen molar-refractivity contribution in [2.75, 3.05) is 25.5 Å². The van der Waals surface area contributed by atoms with Gasteiger partial charge in [0, 0.05) is 17.8 Å². The predicted octanol–water partition coefficient (Wildman–Crippen LogP) is 0.903. The molecule has 5 heteroatoms. The van der Waals surface area contributed by atoms with Crippen LogP contribution in [0.4, 0.5) is 5.69 Å². The van der Waals surface area contributed by atoms with Crippen molar-refractivity contribution in [2.24, 2.45) is 0 Å². The Kier molecular flexibility index (Phi) is 5.32. The highest BCUT2D eigenvalue weighted by Crippen LogP contribution is 2.16. The monoisotopic (exact) mass is 249 g/mol. The minimum atomic E-state index is -0.105. The molecule has 98 valence electrons. The zero-order valence-electron chi connectivity index (χ0n) is 11.0. The van der Waals surface area contributed by atoms with Crippen LogP contribution in [-0.4, -0.2) is 32.0 Å². The van der Waals surface area contributed by atoms with Gasteiger partial charge in [-0.25, -0.2) is 0 Å². The number of aryl methyl sites for hydroxylation is 1. The minimum Gasteiger partial charge on any atom is -0.352 e. The average molecular weight is 249 g/mol. The second kappa shape index (κ2) is 6.76. The molecule has 3 N–H and O–H groups in total. The van der Waals surface area contributed by atoms with Crippen LogP contribution in [0, 0.1) is 6.92 Å². The number of amides is 2. The molecule has 0 aliphatic heterocycles. The van der Waals surface area contributed by atoms with Crippen LogP contribution in [0.15, 0.2) is 18.2 Å². The first-order valence-corrected chi connectivity index (χ1v) is 5.91. The molecule has 1 rings (SSSR count). The Morgan fingerprint density at radius 2 is 2.00 bits per heavy atom. The van der Waals surface area contributed by atoms with Gasteiger partial charge < -0.3 is 16.0 Å². The minimum absolute atomic E-state index is 0.103. The van der Waals surface area contributed by atoms with Crippen LogP contribution in [0.5, 0.6) is 0 Å². The maximum absolute atomic E-state index is 11.6. The maximum atomic E-state index is 11.6. The van der Waals surface area contributed by atoms with Crippen molar-refractivity contribution in [2.45, 2.75) is 13.8 Å². The van der Waals surface area contributed by atoms with Gasteiger partial charge in [0.05, 0.1) is 6.54 Å². The van der Waals surface area contributed by atoms with Crippen LogP contribution < -0.4 is 16.0 Å². The molecular weight excluding hydrogens is 230 g/mol. The third-order valence-electron chi connectivity index (χ3n) is 2.44. The fraction of sp³-hybridized carbons (Fsp3) is 0.385. The summed E-state index contributed by atoms with van der Waals surface area (Å²) in [6.07, 6.45) is 0. The van der Waals surface area contributed by atoms with E-state index in [1.165, 1.54) is 0 Å². The molecule has 0 radical (unpaired) electrons. The lowest BCUT2D eigenvalue weighted by molar-refractivity contribution is -0.115. The molecule has 5 nitrogen and oxygen atoms in total. The number of likely N-dealkylation sites (N-methyl/N-ethyl adjacent to an activating group) is 1. The van der Waals surface area contributed by atoms with E-state index in [9.17, 15) is 9.59 Å². The van der Waals surface area contributed by atoms with Crippen molar-refractivity contribution >= 4 is 17.5 Å². The Labute approximate surface area is 107 Å². The molecule has 0 aliphatic carbocycles. The van der Waals surface area contributed by atoms with Crippen molar-refractivity contribution in [1.29, 1.82) is 0 Å². The molecule has 0 fully saturated rings. The molecule has 0 spiro atoms. The second-order valence-electron chi connectivity index (χ2n) is 3.97. The van der Waals surface area contributed by atoms with E-state index in [0.29, 0.717) is 12.1 Å². The Bertz CT molecular complexity index is 444. The van der Waals surface area contributed by atoms with E-state index in [1.807, 2.05) is 13.8 Å². The number of hydrogen-bond acceptors (Lipinski definition) is 3. The Hall–Kier alpha value is -1.88. The molecule has 0 aliphatic rings. The molecule has 0 saturated heterocycles. The van der Waals surface area contributed by atoms with E-state index in [1.54, 1.807) is 25.2 Å². The SMILES string of the molecule is CCNC(=O)c1ccc(NC(=O)CNC)c(C)c1. The van der Waals surface area contributed by atoms with E-state index in [2.05, 4.69) is 16.0 Å². The topological polar surface area (TPSA) is 70.2 Å². The summed E-state index contributed by atoms with van der Waals surface area (Å²) in [4.78, 5) is 23.1. The number of anilines is 1. The van der Waals surface area contributed by atoms with Crippen molar-refractivity contribution in [3.8, 4) is 0 Å². The summed E-state index contributed by atoms with van der Waals surface area (Å²) >= 11 is 0. The van der Waals surface area contributed by atoms with Gasteiger partial charge in [-0.15, -0.1) is 0 Å². The molecule has 0 bridgehead atoms. The fourth-order valence-corrected chi connectivity index (χ4v) is 1.56. The Balaban J connectivity index is 2.79. The quantitative estimate of drug-likeness (QED) is 0.726. The smallest absolute Gasteiger partial charge is 0.251 e. The average Bonchev–Trinajstić information content (AvgIpc) is 2.32. The normalized spacial score (nSPS) is 9.94. The summed E-state index contributed by atoms with van der Waals surface area (Å²) in [7, 11) is 1.71. The fourth-order valence-electron chi connectivity index (χ4n) is 1.56. The van der Waals surface area contributed by atoms with E-state index in [-0.39, 0.29) is 18.4 Å². The van der Waals surface area contributed by atoms with Crippen molar-refractivity contribution in [1.82, 2.24) is 10.6 Å².